The number of aryl methyl sites for hydroxylation is 1. The van der Waals surface area contributed by atoms with Crippen LogP contribution in [0, 0.1) is 6.92 Å². The van der Waals surface area contributed by atoms with E-state index in [-0.39, 0.29) is 0 Å². The molecule has 6 heteroatoms. The molecule has 0 radical (unpaired) electrons. The molecular formula is C9H12N4O2. The molecule has 0 aliphatic heterocycles. The van der Waals surface area contributed by atoms with Crippen molar-refractivity contribution in [1.82, 2.24) is 15.1 Å². The van der Waals surface area contributed by atoms with Gasteiger partial charge in [-0.3, -0.25) is 0 Å². The Morgan fingerprint density at radius 2 is 2.00 bits per heavy atom. The third kappa shape index (κ3) is 1.47. The zero-order valence-electron chi connectivity index (χ0n) is 9.11. The van der Waals surface area contributed by atoms with Gasteiger partial charge in [-0.05, 0) is 6.92 Å². The van der Waals surface area contributed by atoms with Crippen molar-refractivity contribution in [2.75, 3.05) is 26.1 Å². The van der Waals surface area contributed by atoms with E-state index in [9.17, 15) is 0 Å². The highest BCUT2D eigenvalue weighted by Gasteiger charge is 2.15. The number of hydrogen-bond acceptors (Lipinski definition) is 6. The fraction of sp³-hybridized carbons (Fsp3) is 0.444. The second-order valence-corrected chi connectivity index (χ2v) is 3.38. The maximum Gasteiger partial charge on any atom is 0.266 e. The predicted octanol–water partition coefficient (Wildman–Crippen LogP) is 1.00. The summed E-state index contributed by atoms with van der Waals surface area (Å²) in [6.45, 7) is 1.83. The molecule has 80 valence electrons. The molecule has 0 atom stereocenters. The fourth-order valence-electron chi connectivity index (χ4n) is 1.29. The monoisotopic (exact) mass is 208 g/mol. The molecule has 0 aliphatic rings. The molecule has 2 aromatic heterocycles. The van der Waals surface area contributed by atoms with Gasteiger partial charge in [0, 0.05) is 14.1 Å². The number of ether oxygens (including phenoxy) is 1. The van der Waals surface area contributed by atoms with Crippen molar-refractivity contribution in [1.29, 1.82) is 0 Å². The number of nitrogens with zero attached hydrogens (tertiary/aromatic N) is 4. The minimum Gasteiger partial charge on any atom is -0.480 e. The summed E-state index contributed by atoms with van der Waals surface area (Å²) in [6, 6.07) is 0. The lowest BCUT2D eigenvalue weighted by molar-refractivity contribution is 0.401. The fourth-order valence-corrected chi connectivity index (χ4v) is 1.29. The van der Waals surface area contributed by atoms with Crippen molar-refractivity contribution in [3.05, 3.63) is 5.69 Å². The smallest absolute Gasteiger partial charge is 0.266 e. The molecule has 6 nitrogen and oxygen atoms in total. The Hall–Kier alpha value is -1.85. The number of anilines is 1. The van der Waals surface area contributed by atoms with Crippen molar-refractivity contribution < 1.29 is 9.26 Å². The molecule has 0 saturated carbocycles. The van der Waals surface area contributed by atoms with Gasteiger partial charge in [-0.15, -0.1) is 0 Å². The molecular weight excluding hydrogens is 196 g/mol. The van der Waals surface area contributed by atoms with Crippen molar-refractivity contribution in [3.8, 4) is 5.88 Å². The quantitative estimate of drug-likeness (QED) is 0.733. The summed E-state index contributed by atoms with van der Waals surface area (Å²) in [4.78, 5) is 10.2. The molecule has 0 unspecified atom stereocenters. The molecule has 2 heterocycles. The number of rotatable bonds is 2. The SMILES string of the molecule is COc1nc(N(C)C)nc2onc(C)c12. The van der Waals surface area contributed by atoms with Crippen LogP contribution in [0.3, 0.4) is 0 Å². The van der Waals surface area contributed by atoms with E-state index in [1.807, 2.05) is 21.0 Å². The summed E-state index contributed by atoms with van der Waals surface area (Å²) in [5.74, 6) is 1.03. The normalized spacial score (nSPS) is 10.7. The first-order valence-electron chi connectivity index (χ1n) is 4.49. The summed E-state index contributed by atoms with van der Waals surface area (Å²) in [7, 11) is 5.27. The minimum atomic E-state index is 0.447. The standard InChI is InChI=1S/C9H12N4O2/c1-5-6-7(14-4)10-9(13(2)3)11-8(6)15-12-5/h1-4H3. The van der Waals surface area contributed by atoms with Crippen LogP contribution in [-0.2, 0) is 0 Å². The van der Waals surface area contributed by atoms with Crippen LogP contribution in [0.1, 0.15) is 5.69 Å². The highest BCUT2D eigenvalue weighted by molar-refractivity contribution is 5.82. The Kier molecular flexibility index (Phi) is 2.18. The van der Waals surface area contributed by atoms with Gasteiger partial charge in [0.2, 0.25) is 11.8 Å². The molecule has 0 amide bonds. The molecule has 2 rings (SSSR count). The van der Waals surface area contributed by atoms with Gasteiger partial charge in [0.15, 0.2) is 0 Å². The van der Waals surface area contributed by atoms with Crippen molar-refractivity contribution >= 4 is 17.0 Å². The van der Waals surface area contributed by atoms with Crippen LogP contribution >= 0.6 is 0 Å². The number of methoxy groups -OCH3 is 1. The van der Waals surface area contributed by atoms with E-state index in [0.29, 0.717) is 17.5 Å². The summed E-state index contributed by atoms with van der Waals surface area (Å²) in [6.07, 6.45) is 0. The largest absolute Gasteiger partial charge is 0.480 e. The average Bonchev–Trinajstić information content (AvgIpc) is 2.59. The summed E-state index contributed by atoms with van der Waals surface area (Å²) >= 11 is 0. The second-order valence-electron chi connectivity index (χ2n) is 3.38. The molecule has 0 bridgehead atoms. The van der Waals surface area contributed by atoms with Crippen LogP contribution in [0.5, 0.6) is 5.88 Å². The molecule has 0 aromatic carbocycles. The number of aromatic nitrogens is 3. The first kappa shape index (κ1) is 9.70. The van der Waals surface area contributed by atoms with Gasteiger partial charge in [-0.25, -0.2) is 0 Å². The zero-order valence-corrected chi connectivity index (χ0v) is 9.11. The van der Waals surface area contributed by atoms with E-state index in [1.54, 1.807) is 12.0 Å². The summed E-state index contributed by atoms with van der Waals surface area (Å²) < 4.78 is 10.3. The van der Waals surface area contributed by atoms with E-state index in [0.717, 1.165) is 11.1 Å². The molecule has 15 heavy (non-hydrogen) atoms. The van der Waals surface area contributed by atoms with Gasteiger partial charge in [0.05, 0.1) is 12.8 Å². The van der Waals surface area contributed by atoms with Crippen LogP contribution in [0.2, 0.25) is 0 Å². The predicted molar refractivity (Wildman–Crippen MR) is 55.2 cm³/mol. The van der Waals surface area contributed by atoms with Crippen LogP contribution in [-0.4, -0.2) is 36.3 Å². The third-order valence-corrected chi connectivity index (χ3v) is 2.06. The highest BCUT2D eigenvalue weighted by Crippen LogP contribution is 2.26. The van der Waals surface area contributed by atoms with Crippen LogP contribution in [0.15, 0.2) is 4.52 Å². The van der Waals surface area contributed by atoms with E-state index in [4.69, 9.17) is 9.26 Å². The molecule has 0 N–H and O–H groups in total. The Morgan fingerprint density at radius 1 is 1.27 bits per heavy atom. The maximum absolute atomic E-state index is 5.18. The molecule has 2 aromatic rings. The summed E-state index contributed by atoms with van der Waals surface area (Å²) in [5.41, 5.74) is 1.18. The molecule has 0 aliphatic carbocycles. The lowest BCUT2D eigenvalue weighted by Gasteiger charge is -2.10. The van der Waals surface area contributed by atoms with Gasteiger partial charge in [-0.1, -0.05) is 5.16 Å². The van der Waals surface area contributed by atoms with E-state index in [1.165, 1.54) is 0 Å². The third-order valence-electron chi connectivity index (χ3n) is 2.06. The highest BCUT2D eigenvalue weighted by atomic mass is 16.5. The number of fused-ring (bicyclic) bond motifs is 1. The van der Waals surface area contributed by atoms with Crippen LogP contribution < -0.4 is 9.64 Å². The molecule has 0 spiro atoms. The Labute approximate surface area is 86.9 Å². The van der Waals surface area contributed by atoms with E-state index in [2.05, 4.69) is 15.1 Å². The van der Waals surface area contributed by atoms with Crippen molar-refractivity contribution in [2.45, 2.75) is 6.92 Å². The molecule has 0 fully saturated rings. The van der Waals surface area contributed by atoms with Gasteiger partial charge < -0.3 is 14.2 Å². The first-order chi connectivity index (χ1) is 7.13. The van der Waals surface area contributed by atoms with Crippen molar-refractivity contribution in [2.24, 2.45) is 0 Å². The lowest BCUT2D eigenvalue weighted by atomic mass is 10.3. The van der Waals surface area contributed by atoms with Gasteiger partial charge in [-0.2, -0.15) is 9.97 Å². The van der Waals surface area contributed by atoms with E-state index < -0.39 is 0 Å². The van der Waals surface area contributed by atoms with Crippen molar-refractivity contribution in [3.63, 3.8) is 0 Å². The molecule has 0 saturated heterocycles. The topological polar surface area (TPSA) is 64.3 Å². The second kappa shape index (κ2) is 3.38. The Balaban J connectivity index is 2.73. The van der Waals surface area contributed by atoms with Gasteiger partial charge >= 0.3 is 0 Å². The van der Waals surface area contributed by atoms with Gasteiger partial charge in [0.1, 0.15) is 5.39 Å². The van der Waals surface area contributed by atoms with Crippen LogP contribution in [0.4, 0.5) is 5.95 Å². The number of hydrogen-bond donors (Lipinski definition) is 0. The Morgan fingerprint density at radius 3 is 2.60 bits per heavy atom. The zero-order chi connectivity index (χ0) is 11.0. The van der Waals surface area contributed by atoms with E-state index >= 15 is 0 Å². The minimum absolute atomic E-state index is 0.447. The maximum atomic E-state index is 5.18. The summed E-state index contributed by atoms with van der Waals surface area (Å²) in [5, 5.41) is 4.55. The Bertz CT molecular complexity index is 492. The average molecular weight is 208 g/mol. The first-order valence-corrected chi connectivity index (χ1v) is 4.49. The van der Waals surface area contributed by atoms with Crippen LogP contribution in [0.25, 0.3) is 11.1 Å². The van der Waals surface area contributed by atoms with Gasteiger partial charge in [0.25, 0.3) is 5.71 Å². The lowest BCUT2D eigenvalue weighted by Crippen LogP contribution is -2.13.